The average Bonchev–Trinajstić information content (AvgIpc) is 3.26. The van der Waals surface area contributed by atoms with Crippen LogP contribution in [-0.4, -0.2) is 33.9 Å². The molecule has 0 fully saturated rings. The molecule has 0 saturated heterocycles. The van der Waals surface area contributed by atoms with Crippen LogP contribution in [0.4, 0.5) is 19.0 Å². The minimum Gasteiger partial charge on any atom is -0.350 e. The Morgan fingerprint density at radius 3 is 2.27 bits per heavy atom. The maximum absolute atomic E-state index is 14.4. The predicted octanol–water partition coefficient (Wildman–Crippen LogP) is 6.07. The van der Waals surface area contributed by atoms with Crippen LogP contribution < -0.4 is 10.2 Å². The van der Waals surface area contributed by atoms with Crippen molar-refractivity contribution in [2.24, 2.45) is 0 Å². The van der Waals surface area contributed by atoms with Crippen LogP contribution in [0.1, 0.15) is 48.4 Å². The van der Waals surface area contributed by atoms with Crippen molar-refractivity contribution >= 4 is 29.4 Å². The molecule has 1 unspecified atom stereocenters. The van der Waals surface area contributed by atoms with E-state index in [1.54, 1.807) is 35.0 Å². The lowest BCUT2D eigenvalue weighted by atomic mass is 9.87. The Hall–Kier alpha value is -4.05. The number of anilines is 1. The molecule has 5 rings (SSSR count). The molecule has 10 heteroatoms. The minimum atomic E-state index is -0.495. The predicted molar refractivity (Wildman–Crippen MR) is 154 cm³/mol. The molecule has 3 aromatic carbocycles. The van der Waals surface area contributed by atoms with Gasteiger partial charge in [0.25, 0.3) is 0 Å². The van der Waals surface area contributed by atoms with Gasteiger partial charge in [-0.25, -0.2) is 17.9 Å². The Balaban J connectivity index is 1.63. The third-order valence-electron chi connectivity index (χ3n) is 6.73. The molecule has 6 nitrogen and oxygen atoms in total. The van der Waals surface area contributed by atoms with Crippen molar-refractivity contribution in [2.45, 2.75) is 38.0 Å². The quantitative estimate of drug-likeness (QED) is 0.302. The molecule has 1 atom stereocenters. The summed E-state index contributed by atoms with van der Waals surface area (Å²) in [5, 5.41) is 7.27. The average molecular weight is 579 g/mol. The lowest BCUT2D eigenvalue weighted by Gasteiger charge is -2.24. The molecule has 1 N–H and O–H groups in total. The van der Waals surface area contributed by atoms with Crippen molar-refractivity contribution in [1.29, 1.82) is 0 Å². The second kappa shape index (κ2) is 11.4. The molecule has 41 heavy (non-hydrogen) atoms. The second-order valence-corrected chi connectivity index (χ2v) is 11.9. The van der Waals surface area contributed by atoms with E-state index in [1.165, 1.54) is 53.1 Å². The highest BCUT2D eigenvalue weighted by molar-refractivity contribution is 8.00. The standard InChI is InChI=1S/C31H29F3N4O2S/c1-31(2,3)29-27-28(20-5-4-6-23(34)15-20)41-18-26(40)37(17-25(39)35-16-19-7-9-21(32)10-8-19)30(27)38(36-29)24-13-11-22(33)12-14-24/h4-15,28H,16-18H2,1-3H3,(H,35,39). The number of halogens is 3. The minimum absolute atomic E-state index is 0.0358. The van der Waals surface area contributed by atoms with Gasteiger partial charge in [0.15, 0.2) is 0 Å². The first-order valence-electron chi connectivity index (χ1n) is 13.1. The van der Waals surface area contributed by atoms with Gasteiger partial charge in [-0.3, -0.25) is 14.5 Å². The van der Waals surface area contributed by atoms with Crippen LogP contribution in [-0.2, 0) is 21.5 Å². The van der Waals surface area contributed by atoms with E-state index in [2.05, 4.69) is 5.32 Å². The van der Waals surface area contributed by atoms with Crippen molar-refractivity contribution in [3.05, 3.63) is 113 Å². The van der Waals surface area contributed by atoms with Crippen molar-refractivity contribution in [1.82, 2.24) is 15.1 Å². The Morgan fingerprint density at radius 1 is 0.976 bits per heavy atom. The second-order valence-electron chi connectivity index (χ2n) is 10.9. The third-order valence-corrected chi connectivity index (χ3v) is 7.98. The van der Waals surface area contributed by atoms with Gasteiger partial charge in [0.05, 0.1) is 22.4 Å². The van der Waals surface area contributed by atoms with E-state index in [0.29, 0.717) is 33.9 Å². The molecule has 1 aliphatic heterocycles. The fourth-order valence-corrected chi connectivity index (χ4v) is 5.96. The summed E-state index contributed by atoms with van der Waals surface area (Å²) in [6.07, 6.45) is 0. The molecule has 0 aliphatic carbocycles. The molecule has 212 valence electrons. The summed E-state index contributed by atoms with van der Waals surface area (Å²) in [5.74, 6) is -1.54. The summed E-state index contributed by atoms with van der Waals surface area (Å²) < 4.78 is 43.1. The summed E-state index contributed by atoms with van der Waals surface area (Å²) in [7, 11) is 0. The Kier molecular flexibility index (Phi) is 7.95. The molecule has 0 radical (unpaired) electrons. The summed E-state index contributed by atoms with van der Waals surface area (Å²) in [5.41, 5.74) is 2.74. The zero-order valence-electron chi connectivity index (χ0n) is 22.8. The van der Waals surface area contributed by atoms with Crippen LogP contribution in [0.3, 0.4) is 0 Å². The number of thioether (sulfide) groups is 1. The highest BCUT2D eigenvalue weighted by Gasteiger charge is 2.40. The van der Waals surface area contributed by atoms with Gasteiger partial charge in [-0.05, 0) is 59.7 Å². The van der Waals surface area contributed by atoms with E-state index in [9.17, 15) is 22.8 Å². The molecule has 0 saturated carbocycles. The van der Waals surface area contributed by atoms with Crippen LogP contribution in [0.15, 0.2) is 72.8 Å². The maximum Gasteiger partial charge on any atom is 0.240 e. The fraction of sp³-hybridized carbons (Fsp3) is 0.258. The lowest BCUT2D eigenvalue weighted by molar-refractivity contribution is -0.123. The third kappa shape index (κ3) is 6.17. The van der Waals surface area contributed by atoms with E-state index in [-0.39, 0.29) is 30.6 Å². The number of benzene rings is 3. The van der Waals surface area contributed by atoms with Crippen molar-refractivity contribution in [3.8, 4) is 5.69 Å². The Morgan fingerprint density at radius 2 is 1.63 bits per heavy atom. The Labute approximate surface area is 240 Å². The number of rotatable bonds is 6. The van der Waals surface area contributed by atoms with Crippen LogP contribution in [0, 0.1) is 17.5 Å². The number of hydrogen-bond acceptors (Lipinski definition) is 4. The van der Waals surface area contributed by atoms with E-state index in [4.69, 9.17) is 5.10 Å². The lowest BCUT2D eigenvalue weighted by Crippen LogP contribution is -2.42. The molecule has 0 spiro atoms. The summed E-state index contributed by atoms with van der Waals surface area (Å²) >= 11 is 1.34. The molecule has 0 bridgehead atoms. The fourth-order valence-electron chi connectivity index (χ4n) is 4.77. The normalized spacial score (nSPS) is 15.4. The smallest absolute Gasteiger partial charge is 0.240 e. The largest absolute Gasteiger partial charge is 0.350 e. The highest BCUT2D eigenvalue weighted by Crippen LogP contribution is 2.48. The highest BCUT2D eigenvalue weighted by atomic mass is 32.2. The first-order valence-corrected chi connectivity index (χ1v) is 14.1. The number of carbonyl (C=O) groups excluding carboxylic acids is 2. The van der Waals surface area contributed by atoms with Crippen LogP contribution in [0.5, 0.6) is 0 Å². The summed E-state index contributed by atoms with van der Waals surface area (Å²) in [6.45, 7) is 5.82. The molecule has 1 aliphatic rings. The molecule has 2 heterocycles. The topological polar surface area (TPSA) is 67.2 Å². The van der Waals surface area contributed by atoms with Crippen molar-refractivity contribution < 1.29 is 22.8 Å². The maximum atomic E-state index is 14.4. The number of nitrogens with one attached hydrogen (secondary N) is 1. The molecular weight excluding hydrogens is 549 g/mol. The van der Waals surface area contributed by atoms with E-state index < -0.39 is 28.2 Å². The van der Waals surface area contributed by atoms with Gasteiger partial charge in [0.1, 0.15) is 29.8 Å². The van der Waals surface area contributed by atoms with Gasteiger partial charge < -0.3 is 5.32 Å². The Bertz CT molecular complexity index is 1580. The molecular formula is C31H29F3N4O2S. The number of amides is 2. The summed E-state index contributed by atoms with van der Waals surface area (Å²) in [6, 6.07) is 17.7. The number of nitrogens with zero attached hydrogens (tertiary/aromatic N) is 3. The molecule has 4 aromatic rings. The number of aromatic nitrogens is 2. The van der Waals surface area contributed by atoms with Crippen LogP contribution >= 0.6 is 11.8 Å². The molecule has 2 amide bonds. The van der Waals surface area contributed by atoms with Gasteiger partial charge in [0.2, 0.25) is 11.8 Å². The van der Waals surface area contributed by atoms with Gasteiger partial charge in [-0.1, -0.05) is 45.0 Å². The zero-order chi connectivity index (χ0) is 29.3. The van der Waals surface area contributed by atoms with E-state index >= 15 is 0 Å². The van der Waals surface area contributed by atoms with Crippen molar-refractivity contribution in [3.63, 3.8) is 0 Å². The van der Waals surface area contributed by atoms with Crippen molar-refractivity contribution in [2.75, 3.05) is 17.2 Å². The summed E-state index contributed by atoms with van der Waals surface area (Å²) in [4.78, 5) is 28.3. The first-order chi connectivity index (χ1) is 19.5. The van der Waals surface area contributed by atoms with Gasteiger partial charge in [-0.2, -0.15) is 5.10 Å². The van der Waals surface area contributed by atoms with E-state index in [0.717, 1.165) is 0 Å². The van der Waals surface area contributed by atoms with Gasteiger partial charge in [0, 0.05) is 17.5 Å². The SMILES string of the molecule is CC(C)(C)c1nn(-c2ccc(F)cc2)c2c1C(c1cccc(F)c1)SCC(=O)N2CC(=O)NCc1ccc(F)cc1. The zero-order valence-corrected chi connectivity index (χ0v) is 23.6. The van der Waals surface area contributed by atoms with E-state index in [1.807, 2.05) is 26.8 Å². The molecule has 1 aromatic heterocycles. The van der Waals surface area contributed by atoms with Crippen LogP contribution in [0.25, 0.3) is 5.69 Å². The number of hydrogen-bond donors (Lipinski definition) is 1. The monoisotopic (exact) mass is 578 g/mol. The first kappa shape index (κ1) is 28.5. The van der Waals surface area contributed by atoms with Gasteiger partial charge in [-0.15, -0.1) is 11.8 Å². The van der Waals surface area contributed by atoms with Crippen LogP contribution in [0.2, 0.25) is 0 Å². The number of carbonyl (C=O) groups is 2. The van der Waals surface area contributed by atoms with Gasteiger partial charge >= 0.3 is 0 Å². The number of fused-ring (bicyclic) bond motifs is 1.